The monoisotopic (exact) mass is 326 g/mol. The fourth-order valence-corrected chi connectivity index (χ4v) is 2.55. The number of nitriles is 1. The average Bonchev–Trinajstić information content (AvgIpc) is 2.96. The number of ether oxygens (including phenoxy) is 1. The fourth-order valence-electron chi connectivity index (χ4n) is 2.55. The molecular formula is C16H18N6O2. The van der Waals surface area contributed by atoms with Gasteiger partial charge in [-0.2, -0.15) is 10.4 Å². The highest BCUT2D eigenvalue weighted by Gasteiger charge is 2.25. The number of nitrogens with two attached hydrogens (primary N) is 1. The molecule has 24 heavy (non-hydrogen) atoms. The number of likely N-dealkylation sites (N-methyl/N-ethyl adjacent to an activating group) is 1. The van der Waals surface area contributed by atoms with Gasteiger partial charge in [-0.3, -0.25) is 4.79 Å². The van der Waals surface area contributed by atoms with Gasteiger partial charge in [0.15, 0.2) is 0 Å². The zero-order chi connectivity index (χ0) is 17.1. The van der Waals surface area contributed by atoms with Gasteiger partial charge in [-0.05, 0) is 19.2 Å². The number of amides is 1. The number of nitrogens with one attached hydrogen (secondary N) is 1. The van der Waals surface area contributed by atoms with Gasteiger partial charge in [-0.1, -0.05) is 12.1 Å². The molecule has 1 amide bonds. The molecule has 0 spiro atoms. The number of rotatable bonds is 3. The van der Waals surface area contributed by atoms with Gasteiger partial charge in [0.1, 0.15) is 23.6 Å². The zero-order valence-corrected chi connectivity index (χ0v) is 13.3. The lowest BCUT2D eigenvalue weighted by atomic mass is 10.2. The molecule has 1 fully saturated rings. The van der Waals surface area contributed by atoms with Gasteiger partial charge in [-0.15, -0.1) is 0 Å². The third-order valence-corrected chi connectivity index (χ3v) is 3.88. The van der Waals surface area contributed by atoms with Crippen LogP contribution < -0.4 is 11.1 Å². The minimum Gasteiger partial charge on any atom is -0.382 e. The van der Waals surface area contributed by atoms with Crippen molar-refractivity contribution in [2.45, 2.75) is 6.10 Å². The molecule has 0 aliphatic carbocycles. The number of benzene rings is 1. The summed E-state index contributed by atoms with van der Waals surface area (Å²) in [7, 11) is 1.95. The molecule has 8 heteroatoms. The number of para-hydroxylation sites is 2. The summed E-state index contributed by atoms with van der Waals surface area (Å²) in [4.78, 5) is 14.5. The summed E-state index contributed by atoms with van der Waals surface area (Å²) < 4.78 is 6.96. The van der Waals surface area contributed by atoms with E-state index in [1.165, 1.54) is 10.9 Å². The highest BCUT2D eigenvalue weighted by Crippen LogP contribution is 2.24. The molecule has 2 heterocycles. The molecule has 2 aromatic rings. The summed E-state index contributed by atoms with van der Waals surface area (Å²) in [5.74, 6) is 0.00748. The van der Waals surface area contributed by atoms with Crippen LogP contribution in [-0.2, 0) is 9.53 Å². The molecule has 1 aromatic carbocycles. The van der Waals surface area contributed by atoms with Crippen molar-refractivity contribution in [3.05, 3.63) is 36.0 Å². The van der Waals surface area contributed by atoms with E-state index in [9.17, 15) is 4.79 Å². The quantitative estimate of drug-likeness (QED) is 0.854. The molecule has 1 aromatic heterocycles. The van der Waals surface area contributed by atoms with Gasteiger partial charge in [0.05, 0.1) is 24.2 Å². The maximum atomic E-state index is 12.5. The zero-order valence-electron chi connectivity index (χ0n) is 13.3. The van der Waals surface area contributed by atoms with Crippen LogP contribution in [0.1, 0.15) is 5.56 Å². The first-order valence-corrected chi connectivity index (χ1v) is 7.54. The SMILES string of the molecule is CN1CCOC(C(=O)Nc2ccccc2-n2ncc(C#N)c2N)C1. The predicted molar refractivity (Wildman–Crippen MR) is 88.6 cm³/mol. The molecule has 124 valence electrons. The van der Waals surface area contributed by atoms with E-state index in [-0.39, 0.29) is 17.3 Å². The standard InChI is InChI=1S/C16H18N6O2/c1-21-6-7-24-14(10-21)16(23)20-12-4-2-3-5-13(12)22-15(18)11(8-17)9-19-22/h2-5,9,14H,6-7,10,18H2,1H3,(H,20,23). The van der Waals surface area contributed by atoms with Crippen molar-refractivity contribution >= 4 is 17.4 Å². The van der Waals surface area contributed by atoms with Crippen LogP contribution in [0.4, 0.5) is 11.5 Å². The Morgan fingerprint density at radius 1 is 1.50 bits per heavy atom. The summed E-state index contributed by atoms with van der Waals surface area (Å²) in [6, 6.07) is 9.12. The largest absolute Gasteiger partial charge is 0.382 e. The molecule has 1 aliphatic heterocycles. The average molecular weight is 326 g/mol. The van der Waals surface area contributed by atoms with E-state index in [2.05, 4.69) is 10.4 Å². The second-order valence-electron chi connectivity index (χ2n) is 5.60. The Balaban J connectivity index is 1.85. The molecule has 1 atom stereocenters. The van der Waals surface area contributed by atoms with E-state index in [0.717, 1.165) is 6.54 Å². The summed E-state index contributed by atoms with van der Waals surface area (Å²) in [6.07, 6.45) is 0.870. The van der Waals surface area contributed by atoms with Gasteiger partial charge in [-0.25, -0.2) is 4.68 Å². The second kappa shape index (κ2) is 6.70. The van der Waals surface area contributed by atoms with Crippen molar-refractivity contribution in [2.75, 3.05) is 37.8 Å². The highest BCUT2D eigenvalue weighted by molar-refractivity contribution is 5.96. The van der Waals surface area contributed by atoms with Gasteiger partial charge in [0.2, 0.25) is 0 Å². The van der Waals surface area contributed by atoms with Crippen molar-refractivity contribution in [3.63, 3.8) is 0 Å². The van der Waals surface area contributed by atoms with E-state index in [0.29, 0.717) is 24.5 Å². The third-order valence-electron chi connectivity index (χ3n) is 3.88. The summed E-state index contributed by atoms with van der Waals surface area (Å²) in [5.41, 5.74) is 7.37. The molecule has 3 rings (SSSR count). The number of morpholine rings is 1. The Hall–Kier alpha value is -2.89. The minimum atomic E-state index is -0.526. The van der Waals surface area contributed by atoms with Gasteiger partial charge < -0.3 is 20.7 Å². The number of hydrogen-bond acceptors (Lipinski definition) is 6. The molecule has 0 bridgehead atoms. The van der Waals surface area contributed by atoms with Crippen LogP contribution in [0, 0.1) is 11.3 Å². The number of carbonyl (C=O) groups excluding carboxylic acids is 1. The summed E-state index contributed by atoms with van der Waals surface area (Å²) in [5, 5.41) is 16.0. The topological polar surface area (TPSA) is 109 Å². The Morgan fingerprint density at radius 3 is 3.00 bits per heavy atom. The molecule has 8 nitrogen and oxygen atoms in total. The maximum Gasteiger partial charge on any atom is 0.254 e. The Labute approximate surface area is 139 Å². The summed E-state index contributed by atoms with van der Waals surface area (Å²) >= 11 is 0. The van der Waals surface area contributed by atoms with Crippen molar-refractivity contribution in [1.29, 1.82) is 5.26 Å². The van der Waals surface area contributed by atoms with Crippen LogP contribution in [0.2, 0.25) is 0 Å². The van der Waals surface area contributed by atoms with Crippen molar-refractivity contribution < 1.29 is 9.53 Å². The normalized spacial score (nSPS) is 18.1. The molecule has 1 unspecified atom stereocenters. The lowest BCUT2D eigenvalue weighted by Gasteiger charge is -2.29. The molecular weight excluding hydrogens is 308 g/mol. The van der Waals surface area contributed by atoms with Crippen LogP contribution >= 0.6 is 0 Å². The van der Waals surface area contributed by atoms with Gasteiger partial charge in [0, 0.05) is 13.1 Å². The first-order valence-electron chi connectivity index (χ1n) is 7.54. The number of carbonyl (C=O) groups is 1. The van der Waals surface area contributed by atoms with Gasteiger partial charge >= 0.3 is 0 Å². The number of nitrogens with zero attached hydrogens (tertiary/aromatic N) is 4. The first-order chi connectivity index (χ1) is 11.6. The minimum absolute atomic E-state index is 0.222. The molecule has 3 N–H and O–H groups in total. The number of anilines is 2. The lowest BCUT2D eigenvalue weighted by Crippen LogP contribution is -2.46. The third kappa shape index (κ3) is 3.08. The first kappa shape index (κ1) is 16.0. The fraction of sp³-hybridized carbons (Fsp3) is 0.312. The van der Waals surface area contributed by atoms with Crippen LogP contribution in [0.3, 0.4) is 0 Å². The van der Waals surface area contributed by atoms with Crippen LogP contribution in [-0.4, -0.2) is 53.4 Å². The number of hydrogen-bond donors (Lipinski definition) is 2. The number of nitrogen functional groups attached to an aromatic ring is 1. The van der Waals surface area contributed by atoms with E-state index < -0.39 is 6.10 Å². The Kier molecular flexibility index (Phi) is 4.46. The second-order valence-corrected chi connectivity index (χ2v) is 5.60. The maximum absolute atomic E-state index is 12.5. The molecule has 0 radical (unpaired) electrons. The molecule has 1 saturated heterocycles. The van der Waals surface area contributed by atoms with Crippen molar-refractivity contribution in [2.24, 2.45) is 0 Å². The van der Waals surface area contributed by atoms with Crippen LogP contribution in [0.15, 0.2) is 30.5 Å². The van der Waals surface area contributed by atoms with Crippen molar-refractivity contribution in [3.8, 4) is 11.8 Å². The van der Waals surface area contributed by atoms with Crippen LogP contribution in [0.25, 0.3) is 5.69 Å². The van der Waals surface area contributed by atoms with Gasteiger partial charge in [0.25, 0.3) is 5.91 Å². The van der Waals surface area contributed by atoms with E-state index in [1.807, 2.05) is 24.1 Å². The van der Waals surface area contributed by atoms with E-state index in [4.69, 9.17) is 15.7 Å². The smallest absolute Gasteiger partial charge is 0.254 e. The van der Waals surface area contributed by atoms with Crippen LogP contribution in [0.5, 0.6) is 0 Å². The van der Waals surface area contributed by atoms with E-state index >= 15 is 0 Å². The Bertz CT molecular complexity index is 794. The lowest BCUT2D eigenvalue weighted by molar-refractivity contribution is -0.132. The summed E-state index contributed by atoms with van der Waals surface area (Å²) in [6.45, 7) is 1.87. The number of aromatic nitrogens is 2. The van der Waals surface area contributed by atoms with E-state index in [1.54, 1.807) is 18.2 Å². The Morgan fingerprint density at radius 2 is 2.29 bits per heavy atom. The van der Waals surface area contributed by atoms with Crippen molar-refractivity contribution in [1.82, 2.24) is 14.7 Å². The molecule has 0 saturated carbocycles. The highest BCUT2D eigenvalue weighted by atomic mass is 16.5. The molecule has 1 aliphatic rings. The predicted octanol–water partition coefficient (Wildman–Crippen LogP) is 0.595.